The molecule has 1 spiro atoms. The van der Waals surface area contributed by atoms with Gasteiger partial charge in [0.1, 0.15) is 17.1 Å². The number of anilines is 1. The summed E-state index contributed by atoms with van der Waals surface area (Å²) in [7, 11) is 1.70. The molecule has 28 heavy (non-hydrogen) atoms. The van der Waals surface area contributed by atoms with Crippen LogP contribution in [0.25, 0.3) is 0 Å². The summed E-state index contributed by atoms with van der Waals surface area (Å²) in [5.41, 5.74) is 3.51. The molecule has 6 heteroatoms. The molecule has 2 aromatic rings. The monoisotopic (exact) mass is 381 g/mol. The Morgan fingerprint density at radius 3 is 2.61 bits per heavy atom. The number of ether oxygens (including phenoxy) is 1. The molecule has 3 heterocycles. The van der Waals surface area contributed by atoms with Gasteiger partial charge in [0.25, 0.3) is 5.91 Å². The van der Waals surface area contributed by atoms with Gasteiger partial charge in [-0.2, -0.15) is 0 Å². The number of amides is 1. The smallest absolute Gasteiger partial charge is 0.263 e. The van der Waals surface area contributed by atoms with Crippen molar-refractivity contribution in [2.24, 2.45) is 0 Å². The van der Waals surface area contributed by atoms with Crippen LogP contribution in [-0.4, -0.2) is 48.7 Å². The SMILES string of the molecule is COc1ccc2c(c1)C1(CCN(C3CC3)CC1)CN2C(=O)c1c(C)noc1C. The summed E-state index contributed by atoms with van der Waals surface area (Å²) in [4.78, 5) is 18.0. The molecular weight excluding hydrogens is 354 g/mol. The molecule has 0 unspecified atom stereocenters. The molecular formula is C22H27N3O3. The lowest BCUT2D eigenvalue weighted by Gasteiger charge is -2.40. The highest BCUT2D eigenvalue weighted by molar-refractivity contribution is 6.09. The average molecular weight is 381 g/mol. The van der Waals surface area contributed by atoms with Crippen molar-refractivity contribution in [3.05, 3.63) is 40.8 Å². The molecule has 6 nitrogen and oxygen atoms in total. The van der Waals surface area contributed by atoms with E-state index < -0.39 is 0 Å². The maximum absolute atomic E-state index is 13.5. The van der Waals surface area contributed by atoms with Gasteiger partial charge in [-0.15, -0.1) is 0 Å². The lowest BCUT2D eigenvalue weighted by molar-refractivity contribution is 0.0973. The van der Waals surface area contributed by atoms with Crippen LogP contribution in [0.2, 0.25) is 0 Å². The molecule has 5 rings (SSSR count). The van der Waals surface area contributed by atoms with Crippen molar-refractivity contribution in [1.82, 2.24) is 10.1 Å². The predicted octanol–water partition coefficient (Wildman–Crippen LogP) is 3.46. The first kappa shape index (κ1) is 17.7. The van der Waals surface area contributed by atoms with Gasteiger partial charge in [-0.05, 0) is 76.4 Å². The Bertz CT molecular complexity index is 904. The molecule has 148 valence electrons. The molecule has 1 aromatic carbocycles. The number of likely N-dealkylation sites (tertiary alicyclic amines) is 1. The lowest BCUT2D eigenvalue weighted by Crippen LogP contribution is -2.46. The number of hydrogen-bond donors (Lipinski definition) is 0. The van der Waals surface area contributed by atoms with Crippen molar-refractivity contribution < 1.29 is 14.1 Å². The molecule has 3 aliphatic rings. The maximum Gasteiger partial charge on any atom is 0.263 e. The largest absolute Gasteiger partial charge is 0.497 e. The Labute approximate surface area is 165 Å². The molecule has 0 atom stereocenters. The minimum atomic E-state index is -0.0100. The van der Waals surface area contributed by atoms with Crippen LogP contribution in [0.15, 0.2) is 22.7 Å². The zero-order valence-corrected chi connectivity index (χ0v) is 16.8. The van der Waals surface area contributed by atoms with Crippen LogP contribution in [0.4, 0.5) is 5.69 Å². The summed E-state index contributed by atoms with van der Waals surface area (Å²) in [5, 5.41) is 3.98. The van der Waals surface area contributed by atoms with Crippen molar-refractivity contribution >= 4 is 11.6 Å². The highest BCUT2D eigenvalue weighted by Gasteiger charge is 2.48. The fourth-order valence-electron chi connectivity index (χ4n) is 5.06. The van der Waals surface area contributed by atoms with E-state index in [9.17, 15) is 4.79 Å². The van der Waals surface area contributed by atoms with E-state index in [1.807, 2.05) is 30.9 Å². The van der Waals surface area contributed by atoms with Crippen molar-refractivity contribution in [2.75, 3.05) is 31.6 Å². The minimum absolute atomic E-state index is 0.00387. The molecule has 1 aliphatic carbocycles. The summed E-state index contributed by atoms with van der Waals surface area (Å²) in [6.45, 7) is 6.57. The van der Waals surface area contributed by atoms with Gasteiger partial charge in [0, 0.05) is 23.7 Å². The maximum atomic E-state index is 13.5. The van der Waals surface area contributed by atoms with E-state index in [0.717, 1.165) is 50.0 Å². The first-order valence-corrected chi connectivity index (χ1v) is 10.2. The summed E-state index contributed by atoms with van der Waals surface area (Å²) < 4.78 is 10.8. The van der Waals surface area contributed by atoms with Crippen LogP contribution in [0.1, 0.15) is 53.1 Å². The third kappa shape index (κ3) is 2.65. The Balaban J connectivity index is 1.52. The van der Waals surface area contributed by atoms with Gasteiger partial charge in [0.15, 0.2) is 0 Å². The average Bonchev–Trinajstić information content (AvgIpc) is 3.44. The van der Waals surface area contributed by atoms with Gasteiger partial charge in [0.05, 0.1) is 12.8 Å². The Morgan fingerprint density at radius 2 is 2.00 bits per heavy atom. The normalized spacial score (nSPS) is 21.2. The molecule has 1 saturated heterocycles. The summed E-state index contributed by atoms with van der Waals surface area (Å²) in [6.07, 6.45) is 4.84. The van der Waals surface area contributed by atoms with Crippen LogP contribution in [0, 0.1) is 13.8 Å². The van der Waals surface area contributed by atoms with Crippen LogP contribution in [0.5, 0.6) is 5.75 Å². The number of carbonyl (C=O) groups excluding carboxylic acids is 1. The van der Waals surface area contributed by atoms with Crippen molar-refractivity contribution in [2.45, 2.75) is 51.0 Å². The van der Waals surface area contributed by atoms with E-state index in [1.54, 1.807) is 7.11 Å². The van der Waals surface area contributed by atoms with Gasteiger partial charge in [-0.3, -0.25) is 4.79 Å². The second-order valence-electron chi connectivity index (χ2n) is 8.52. The third-order valence-electron chi connectivity index (χ3n) is 6.84. The standard InChI is InChI=1S/C22H27N3O3/c1-14-20(15(2)28-23-14)21(26)25-13-22(8-10-24(11-9-22)16-4-5-16)18-12-17(27-3)6-7-19(18)25/h6-7,12,16H,4-5,8-11,13H2,1-3H3. The first-order chi connectivity index (χ1) is 13.5. The Kier molecular flexibility index (Phi) is 4.02. The number of hydrogen-bond acceptors (Lipinski definition) is 5. The predicted molar refractivity (Wildman–Crippen MR) is 106 cm³/mol. The highest BCUT2D eigenvalue weighted by atomic mass is 16.5. The van der Waals surface area contributed by atoms with Gasteiger partial charge >= 0.3 is 0 Å². The number of benzene rings is 1. The number of aromatic nitrogens is 1. The summed E-state index contributed by atoms with van der Waals surface area (Å²) in [5.74, 6) is 1.43. The number of fused-ring (bicyclic) bond motifs is 2. The molecule has 2 fully saturated rings. The van der Waals surface area contributed by atoms with Crippen LogP contribution >= 0.6 is 0 Å². The number of nitrogens with zero attached hydrogens (tertiary/aromatic N) is 3. The second kappa shape index (κ2) is 6.34. The van der Waals surface area contributed by atoms with Gasteiger partial charge in [-0.25, -0.2) is 0 Å². The number of rotatable bonds is 3. The molecule has 1 aromatic heterocycles. The fourth-order valence-corrected chi connectivity index (χ4v) is 5.06. The number of carbonyl (C=O) groups is 1. The van der Waals surface area contributed by atoms with Crippen molar-refractivity contribution in [3.63, 3.8) is 0 Å². The van der Waals surface area contributed by atoms with Gasteiger partial charge in [-0.1, -0.05) is 5.16 Å². The highest BCUT2D eigenvalue weighted by Crippen LogP contribution is 2.49. The molecule has 0 radical (unpaired) electrons. The molecule has 1 amide bonds. The van der Waals surface area contributed by atoms with Crippen LogP contribution in [0.3, 0.4) is 0 Å². The Morgan fingerprint density at radius 1 is 1.25 bits per heavy atom. The third-order valence-corrected chi connectivity index (χ3v) is 6.84. The molecule has 1 saturated carbocycles. The minimum Gasteiger partial charge on any atom is -0.497 e. The molecule has 0 N–H and O–H groups in total. The van der Waals surface area contributed by atoms with Gasteiger partial charge in [0.2, 0.25) is 0 Å². The van der Waals surface area contributed by atoms with Crippen molar-refractivity contribution in [3.8, 4) is 5.75 Å². The zero-order chi connectivity index (χ0) is 19.5. The van der Waals surface area contributed by atoms with E-state index in [1.165, 1.54) is 18.4 Å². The Hall–Kier alpha value is -2.34. The topological polar surface area (TPSA) is 58.8 Å². The van der Waals surface area contributed by atoms with E-state index in [0.29, 0.717) is 17.0 Å². The van der Waals surface area contributed by atoms with E-state index in [-0.39, 0.29) is 11.3 Å². The van der Waals surface area contributed by atoms with Crippen molar-refractivity contribution in [1.29, 1.82) is 0 Å². The number of aryl methyl sites for hydroxylation is 2. The second-order valence-corrected chi connectivity index (χ2v) is 8.52. The van der Waals surface area contributed by atoms with E-state index in [2.05, 4.69) is 16.1 Å². The molecule has 2 aliphatic heterocycles. The van der Waals surface area contributed by atoms with E-state index >= 15 is 0 Å². The van der Waals surface area contributed by atoms with Crippen LogP contribution in [-0.2, 0) is 5.41 Å². The number of piperidine rings is 1. The lowest BCUT2D eigenvalue weighted by atomic mass is 9.74. The van der Waals surface area contributed by atoms with Gasteiger partial charge < -0.3 is 19.1 Å². The van der Waals surface area contributed by atoms with Crippen LogP contribution < -0.4 is 9.64 Å². The number of methoxy groups -OCH3 is 1. The quantitative estimate of drug-likeness (QED) is 0.815. The van der Waals surface area contributed by atoms with E-state index in [4.69, 9.17) is 9.26 Å². The zero-order valence-electron chi connectivity index (χ0n) is 16.8. The fraction of sp³-hybridized carbons (Fsp3) is 0.545. The summed E-state index contributed by atoms with van der Waals surface area (Å²) in [6, 6.07) is 6.92. The summed E-state index contributed by atoms with van der Waals surface area (Å²) >= 11 is 0. The first-order valence-electron chi connectivity index (χ1n) is 10.2. The molecule has 0 bridgehead atoms.